The average Bonchev–Trinajstić information content (AvgIpc) is 1.51. The van der Waals surface area contributed by atoms with Crippen LogP contribution in [0.15, 0.2) is 365 Å². The molecule has 0 saturated carbocycles. The largest absolute Gasteiger partial charge is 0.310 e. The van der Waals surface area contributed by atoms with Gasteiger partial charge in [0.05, 0.1) is 44.6 Å². The maximum Gasteiger partial charge on any atom is 0.137 e. The summed E-state index contributed by atoms with van der Waals surface area (Å²) in [6.45, 7) is 0. The molecule has 4 aliphatic carbocycles. The first-order valence-electron chi connectivity index (χ1n) is 35.6. The first-order chi connectivity index (χ1) is 51.5. The SMILES string of the molecule is c1ccc(N(c2ccc(-c3nc4ccccc4nc3-c3ccc(N(c4ccccc4)c4ccc5c(c4)C4(c6ccccc6-c6ccccc64)c4cc(-c6cn7ccccc7n6)ccc4-5)cc3)cc2)c2ccc3c(c2)C2(c4ccccc4-c4ccccc42)c2cc(-c4cn5ccccc5n4)ccc2-3)cc1. The Morgan fingerprint density at radius 2 is 0.519 bits per heavy atom. The summed E-state index contributed by atoms with van der Waals surface area (Å²) in [5.74, 6) is 0. The lowest BCUT2D eigenvalue weighted by molar-refractivity contribution is 0.794. The first kappa shape index (κ1) is 58.0. The zero-order valence-corrected chi connectivity index (χ0v) is 56.2. The number of fused-ring (bicyclic) bond motifs is 23. The van der Waals surface area contributed by atoms with E-state index in [4.69, 9.17) is 19.9 Å². The van der Waals surface area contributed by atoms with E-state index in [0.29, 0.717) is 0 Å². The second-order valence-electron chi connectivity index (χ2n) is 27.7. The number of pyridine rings is 2. The van der Waals surface area contributed by atoms with E-state index in [9.17, 15) is 0 Å². The van der Waals surface area contributed by atoms with Gasteiger partial charge < -0.3 is 18.6 Å². The van der Waals surface area contributed by atoms with E-state index in [1.807, 2.05) is 24.3 Å². The van der Waals surface area contributed by atoms with E-state index < -0.39 is 10.8 Å². The van der Waals surface area contributed by atoms with Crippen LogP contribution in [0.2, 0.25) is 0 Å². The van der Waals surface area contributed by atoms with Crippen LogP contribution in [0.25, 0.3) is 112 Å². The Morgan fingerprint density at radius 3 is 0.904 bits per heavy atom. The van der Waals surface area contributed by atoms with E-state index in [1.165, 1.54) is 89.0 Å². The Balaban J connectivity index is 0.650. The maximum atomic E-state index is 5.49. The summed E-state index contributed by atoms with van der Waals surface area (Å²) in [5.41, 5.74) is 36.3. The highest BCUT2D eigenvalue weighted by Crippen LogP contribution is 2.66. The van der Waals surface area contributed by atoms with Gasteiger partial charge in [0, 0.05) is 81.2 Å². The van der Waals surface area contributed by atoms with Gasteiger partial charge in [0.25, 0.3) is 0 Å². The monoisotopic (exact) mass is 1320 g/mol. The van der Waals surface area contributed by atoms with Gasteiger partial charge in [-0.1, -0.05) is 218 Å². The molecule has 0 aliphatic heterocycles. The number of benzene rings is 13. The second-order valence-corrected chi connectivity index (χ2v) is 27.7. The van der Waals surface area contributed by atoms with Gasteiger partial charge in [-0.05, 0) is 210 Å². The van der Waals surface area contributed by atoms with Gasteiger partial charge in [0.2, 0.25) is 0 Å². The van der Waals surface area contributed by atoms with Crippen LogP contribution >= 0.6 is 0 Å². The molecule has 8 nitrogen and oxygen atoms in total. The molecule has 5 heterocycles. The van der Waals surface area contributed by atoms with Crippen LogP contribution in [0.4, 0.5) is 34.1 Å². The lowest BCUT2D eigenvalue weighted by Gasteiger charge is -2.32. The molecule has 0 N–H and O–H groups in total. The highest BCUT2D eigenvalue weighted by Gasteiger charge is 2.54. The molecule has 0 unspecified atom stereocenters. The van der Waals surface area contributed by atoms with E-state index in [1.54, 1.807) is 0 Å². The molecular formula is C96H60N8. The van der Waals surface area contributed by atoms with Crippen LogP contribution in [0.3, 0.4) is 0 Å². The predicted octanol–water partition coefficient (Wildman–Crippen LogP) is 23.2. The molecule has 8 heteroatoms. The van der Waals surface area contributed by atoms with E-state index in [-0.39, 0.29) is 0 Å². The van der Waals surface area contributed by atoms with Crippen molar-refractivity contribution in [1.82, 2.24) is 28.7 Å². The van der Waals surface area contributed by atoms with Gasteiger partial charge in [-0.25, -0.2) is 19.9 Å². The van der Waals surface area contributed by atoms with Crippen molar-refractivity contribution in [3.63, 3.8) is 0 Å². The number of anilines is 6. The average molecular weight is 1330 g/mol. The summed E-state index contributed by atoms with van der Waals surface area (Å²) in [6.07, 6.45) is 8.43. The van der Waals surface area contributed by atoms with Gasteiger partial charge >= 0.3 is 0 Å². The predicted molar refractivity (Wildman–Crippen MR) is 421 cm³/mol. The van der Waals surface area contributed by atoms with Gasteiger partial charge in [-0.3, -0.25) is 0 Å². The van der Waals surface area contributed by atoms with E-state index in [2.05, 4.69) is 359 Å². The third-order valence-corrected chi connectivity index (χ3v) is 22.4. The summed E-state index contributed by atoms with van der Waals surface area (Å²) in [6, 6.07) is 124. The smallest absolute Gasteiger partial charge is 0.137 e. The van der Waals surface area contributed by atoms with E-state index in [0.717, 1.165) is 101 Å². The minimum Gasteiger partial charge on any atom is -0.310 e. The zero-order valence-electron chi connectivity index (χ0n) is 56.2. The fourth-order valence-electron chi connectivity index (χ4n) is 18.0. The maximum absolute atomic E-state index is 5.49. The molecule has 13 aromatic carbocycles. The zero-order chi connectivity index (χ0) is 68.2. The van der Waals surface area contributed by atoms with Crippen LogP contribution in [0, 0.1) is 0 Å². The molecule has 104 heavy (non-hydrogen) atoms. The first-order valence-corrected chi connectivity index (χ1v) is 35.6. The lowest BCUT2D eigenvalue weighted by Crippen LogP contribution is -2.26. The topological polar surface area (TPSA) is 66.9 Å². The standard InChI is InChI=1S/C96H60N8/c1-3-21-65(22-4-1)103(69-47-51-77-75-49-41-63(89-59-101-53-19-17-35-91(101)97-89)55-83(75)95(85(77)57-69)79-29-11-7-25-71(79)72-26-8-12-30-80(72)95)67-43-37-61(38-44-67)93-94(100-88-34-16-15-33-87(88)99-93)62-39-45-68(46-40-62)104(66-23-5-2-6-24-66)70-48-52-78-76-50-42-64(90-60-102-54-20-18-36-92(102)98-90)56-84(76)96(86(78)58-70)81-31-13-9-27-73(81)74-28-10-14-32-82(74)96/h1-60H. The number of hydrogen-bond acceptors (Lipinski definition) is 6. The van der Waals surface area contributed by atoms with Crippen molar-refractivity contribution in [2.75, 3.05) is 9.80 Å². The van der Waals surface area contributed by atoms with Gasteiger partial charge in [-0.2, -0.15) is 0 Å². The highest BCUT2D eigenvalue weighted by atomic mass is 15.1. The third kappa shape index (κ3) is 8.36. The van der Waals surface area contributed by atoms with Crippen LogP contribution in [-0.2, 0) is 10.8 Å². The quantitative estimate of drug-likeness (QED) is 0.136. The molecule has 22 rings (SSSR count). The number of aromatic nitrogens is 6. The lowest BCUT2D eigenvalue weighted by atomic mass is 9.70. The number of para-hydroxylation sites is 4. The Hall–Kier alpha value is -13.8. The Kier molecular flexibility index (Phi) is 12.5. The Bertz CT molecular complexity index is 6010. The normalized spacial score (nSPS) is 13.3. The second kappa shape index (κ2) is 22.3. The van der Waals surface area contributed by atoms with Crippen molar-refractivity contribution in [3.05, 3.63) is 409 Å². The van der Waals surface area contributed by atoms with Crippen LogP contribution in [-0.4, -0.2) is 28.7 Å². The van der Waals surface area contributed by atoms with Crippen molar-refractivity contribution in [1.29, 1.82) is 0 Å². The van der Waals surface area contributed by atoms with Gasteiger partial charge in [-0.15, -0.1) is 0 Å². The molecule has 0 radical (unpaired) electrons. The molecule has 484 valence electrons. The van der Waals surface area contributed by atoms with Crippen molar-refractivity contribution in [3.8, 4) is 89.5 Å². The van der Waals surface area contributed by atoms with Crippen LogP contribution in [0.5, 0.6) is 0 Å². The Morgan fingerprint density at radius 1 is 0.221 bits per heavy atom. The number of rotatable bonds is 10. The van der Waals surface area contributed by atoms with Crippen molar-refractivity contribution in [2.45, 2.75) is 10.8 Å². The molecule has 18 aromatic rings. The van der Waals surface area contributed by atoms with Gasteiger partial charge in [0.1, 0.15) is 11.3 Å². The third-order valence-electron chi connectivity index (χ3n) is 22.4. The minimum absolute atomic E-state index is 0.600. The summed E-state index contributed by atoms with van der Waals surface area (Å²) in [5, 5.41) is 0. The van der Waals surface area contributed by atoms with Crippen molar-refractivity contribution in [2.24, 2.45) is 0 Å². The molecule has 4 aliphatic rings. The summed E-state index contributed by atoms with van der Waals surface area (Å²) in [7, 11) is 0. The number of imidazole rings is 2. The van der Waals surface area contributed by atoms with Crippen LogP contribution in [0.1, 0.15) is 44.5 Å². The summed E-state index contributed by atoms with van der Waals surface area (Å²) in [4.78, 5) is 26.1. The summed E-state index contributed by atoms with van der Waals surface area (Å²) < 4.78 is 4.21. The number of nitrogens with zero attached hydrogens (tertiary/aromatic N) is 8. The molecule has 0 atom stereocenters. The minimum atomic E-state index is -0.600. The van der Waals surface area contributed by atoms with Crippen molar-refractivity contribution >= 4 is 56.5 Å². The number of hydrogen-bond donors (Lipinski definition) is 0. The fourth-order valence-corrected chi connectivity index (χ4v) is 18.0. The molecular weight excluding hydrogens is 1270 g/mol. The molecule has 5 aromatic heterocycles. The van der Waals surface area contributed by atoms with Crippen LogP contribution < -0.4 is 9.80 Å². The molecule has 0 fully saturated rings. The van der Waals surface area contributed by atoms with Gasteiger partial charge in [0.15, 0.2) is 0 Å². The Labute approximate surface area is 600 Å². The molecule has 0 bridgehead atoms. The highest BCUT2D eigenvalue weighted by molar-refractivity contribution is 6.00. The van der Waals surface area contributed by atoms with Crippen molar-refractivity contribution < 1.29 is 0 Å². The summed E-state index contributed by atoms with van der Waals surface area (Å²) >= 11 is 0. The molecule has 0 amide bonds. The van der Waals surface area contributed by atoms with E-state index >= 15 is 0 Å². The molecule has 2 spiro atoms. The molecule has 0 saturated heterocycles. The fraction of sp³-hybridized carbons (Fsp3) is 0.0208.